The van der Waals surface area contributed by atoms with Crippen LogP contribution in [0.25, 0.3) is 0 Å². The Labute approximate surface area is 78.5 Å². The van der Waals surface area contributed by atoms with Crippen LogP contribution in [-0.2, 0) is 4.79 Å². The summed E-state index contributed by atoms with van der Waals surface area (Å²) >= 11 is 0. The predicted octanol–water partition coefficient (Wildman–Crippen LogP) is -0.702. The quantitative estimate of drug-likeness (QED) is 0.608. The van der Waals surface area contributed by atoms with Crippen LogP contribution in [0.2, 0.25) is 0 Å². The maximum Gasteiger partial charge on any atom is 0.234 e. The number of hydrogen-bond donors (Lipinski definition) is 2. The average molecular weight is 183 g/mol. The van der Waals surface area contributed by atoms with Gasteiger partial charge in [-0.05, 0) is 25.8 Å². The van der Waals surface area contributed by atoms with Crippen LogP contribution < -0.4 is 11.1 Å². The van der Waals surface area contributed by atoms with Crippen LogP contribution in [0.4, 0.5) is 0 Å². The molecule has 0 spiro atoms. The van der Waals surface area contributed by atoms with E-state index in [1.807, 2.05) is 0 Å². The molecule has 0 radical (unpaired) electrons. The van der Waals surface area contributed by atoms with E-state index >= 15 is 0 Å². The molecule has 4 heteroatoms. The Morgan fingerprint density at radius 2 is 2.31 bits per heavy atom. The molecular weight excluding hydrogens is 166 g/mol. The number of rotatable bonds is 3. The van der Waals surface area contributed by atoms with Crippen LogP contribution in [-0.4, -0.2) is 42.5 Å². The monoisotopic (exact) mass is 183 g/mol. The van der Waals surface area contributed by atoms with Crippen molar-refractivity contribution in [3.63, 3.8) is 0 Å². The molecule has 2 aliphatic rings. The molecule has 4 nitrogen and oxygen atoms in total. The number of piperazine rings is 1. The molecule has 2 fully saturated rings. The maximum atomic E-state index is 11.3. The summed E-state index contributed by atoms with van der Waals surface area (Å²) in [7, 11) is 0. The fourth-order valence-corrected chi connectivity index (χ4v) is 1.93. The molecule has 74 valence electrons. The second-order valence-corrected chi connectivity index (χ2v) is 4.00. The number of nitrogens with two attached hydrogens (primary N) is 1. The van der Waals surface area contributed by atoms with E-state index in [1.165, 1.54) is 12.8 Å². The van der Waals surface area contributed by atoms with Gasteiger partial charge in [0.05, 0.1) is 6.54 Å². The molecule has 1 unspecified atom stereocenters. The predicted molar refractivity (Wildman–Crippen MR) is 50.2 cm³/mol. The lowest BCUT2D eigenvalue weighted by atomic mass is 10.1. The van der Waals surface area contributed by atoms with Gasteiger partial charge in [-0.3, -0.25) is 9.69 Å². The number of nitrogens with one attached hydrogen (secondary N) is 1. The van der Waals surface area contributed by atoms with Crippen LogP contribution in [0.5, 0.6) is 0 Å². The van der Waals surface area contributed by atoms with Gasteiger partial charge in [0.1, 0.15) is 0 Å². The first-order chi connectivity index (χ1) is 6.29. The van der Waals surface area contributed by atoms with E-state index in [2.05, 4.69) is 10.2 Å². The van der Waals surface area contributed by atoms with Crippen LogP contribution in [0, 0.1) is 0 Å². The summed E-state index contributed by atoms with van der Waals surface area (Å²) in [4.78, 5) is 13.6. The number of amides is 1. The maximum absolute atomic E-state index is 11.3. The Kier molecular flexibility index (Phi) is 2.51. The number of carbonyl (C=O) groups is 1. The Balaban J connectivity index is 1.88. The van der Waals surface area contributed by atoms with Crippen LogP contribution in [0.15, 0.2) is 0 Å². The zero-order valence-electron chi connectivity index (χ0n) is 7.83. The first-order valence-electron chi connectivity index (χ1n) is 5.03. The van der Waals surface area contributed by atoms with E-state index in [9.17, 15) is 4.79 Å². The molecule has 1 aliphatic carbocycles. The number of carbonyl (C=O) groups excluding carboxylic acids is 1. The SMILES string of the molecule is NCCC1CN(C2CC2)CC(=O)N1. The molecule has 1 saturated carbocycles. The zero-order valence-corrected chi connectivity index (χ0v) is 7.83. The average Bonchev–Trinajstić information content (AvgIpc) is 2.85. The smallest absolute Gasteiger partial charge is 0.234 e. The molecule has 1 aliphatic heterocycles. The highest BCUT2D eigenvalue weighted by Gasteiger charge is 2.34. The second kappa shape index (κ2) is 3.64. The largest absolute Gasteiger partial charge is 0.351 e. The van der Waals surface area contributed by atoms with Crippen molar-refractivity contribution in [2.45, 2.75) is 31.3 Å². The fourth-order valence-electron chi connectivity index (χ4n) is 1.93. The summed E-state index contributed by atoms with van der Waals surface area (Å²) in [6.45, 7) is 2.24. The van der Waals surface area contributed by atoms with Gasteiger partial charge in [-0.1, -0.05) is 0 Å². The van der Waals surface area contributed by atoms with Crippen LogP contribution in [0.1, 0.15) is 19.3 Å². The van der Waals surface area contributed by atoms with Gasteiger partial charge in [0.15, 0.2) is 0 Å². The van der Waals surface area contributed by atoms with Crippen molar-refractivity contribution in [3.05, 3.63) is 0 Å². The summed E-state index contributed by atoms with van der Waals surface area (Å²) in [6.07, 6.45) is 3.43. The van der Waals surface area contributed by atoms with Crippen molar-refractivity contribution in [2.24, 2.45) is 5.73 Å². The van der Waals surface area contributed by atoms with Crippen molar-refractivity contribution in [1.29, 1.82) is 0 Å². The Morgan fingerprint density at radius 3 is 2.92 bits per heavy atom. The summed E-state index contributed by atoms with van der Waals surface area (Å²) in [5.74, 6) is 0.164. The topological polar surface area (TPSA) is 58.4 Å². The highest BCUT2D eigenvalue weighted by atomic mass is 16.2. The second-order valence-electron chi connectivity index (χ2n) is 4.00. The minimum atomic E-state index is 0.164. The summed E-state index contributed by atoms with van der Waals surface area (Å²) < 4.78 is 0. The lowest BCUT2D eigenvalue weighted by Crippen LogP contribution is -2.55. The first-order valence-corrected chi connectivity index (χ1v) is 5.03. The van der Waals surface area contributed by atoms with Gasteiger partial charge in [-0.25, -0.2) is 0 Å². The molecule has 1 heterocycles. The first kappa shape index (κ1) is 8.97. The molecule has 0 aromatic rings. The molecule has 3 N–H and O–H groups in total. The van der Waals surface area contributed by atoms with E-state index in [-0.39, 0.29) is 11.9 Å². The van der Waals surface area contributed by atoms with Gasteiger partial charge >= 0.3 is 0 Å². The highest BCUT2D eigenvalue weighted by molar-refractivity contribution is 5.79. The molecular formula is C9H17N3O. The van der Waals surface area contributed by atoms with Crippen molar-refractivity contribution < 1.29 is 4.79 Å². The summed E-state index contributed by atoms with van der Waals surface area (Å²) in [5.41, 5.74) is 5.47. The van der Waals surface area contributed by atoms with Crippen molar-refractivity contribution in [1.82, 2.24) is 10.2 Å². The number of hydrogen-bond acceptors (Lipinski definition) is 3. The fraction of sp³-hybridized carbons (Fsp3) is 0.889. The van der Waals surface area contributed by atoms with Gasteiger partial charge in [-0.15, -0.1) is 0 Å². The molecule has 1 amide bonds. The van der Waals surface area contributed by atoms with E-state index < -0.39 is 0 Å². The van der Waals surface area contributed by atoms with E-state index in [4.69, 9.17) is 5.73 Å². The molecule has 13 heavy (non-hydrogen) atoms. The van der Waals surface area contributed by atoms with E-state index in [1.54, 1.807) is 0 Å². The third-order valence-electron chi connectivity index (χ3n) is 2.75. The molecule has 1 saturated heterocycles. The third-order valence-corrected chi connectivity index (χ3v) is 2.75. The normalized spacial score (nSPS) is 30.2. The molecule has 1 atom stereocenters. The van der Waals surface area contributed by atoms with Gasteiger partial charge in [0.25, 0.3) is 0 Å². The molecule has 2 rings (SSSR count). The van der Waals surface area contributed by atoms with Crippen molar-refractivity contribution >= 4 is 5.91 Å². The van der Waals surface area contributed by atoms with E-state index in [0.29, 0.717) is 19.1 Å². The highest BCUT2D eigenvalue weighted by Crippen LogP contribution is 2.27. The van der Waals surface area contributed by atoms with E-state index in [0.717, 1.165) is 13.0 Å². The standard InChI is InChI=1S/C9H17N3O/c10-4-3-7-5-12(8-1-2-8)6-9(13)11-7/h7-8H,1-6,10H2,(H,11,13). The van der Waals surface area contributed by atoms with Gasteiger partial charge < -0.3 is 11.1 Å². The lowest BCUT2D eigenvalue weighted by Gasteiger charge is -2.32. The van der Waals surface area contributed by atoms with Gasteiger partial charge in [-0.2, -0.15) is 0 Å². The Hall–Kier alpha value is -0.610. The van der Waals surface area contributed by atoms with Crippen LogP contribution in [0.3, 0.4) is 0 Å². The van der Waals surface area contributed by atoms with Gasteiger partial charge in [0.2, 0.25) is 5.91 Å². The van der Waals surface area contributed by atoms with Crippen LogP contribution >= 0.6 is 0 Å². The zero-order chi connectivity index (χ0) is 9.26. The lowest BCUT2D eigenvalue weighted by molar-refractivity contribution is -0.125. The van der Waals surface area contributed by atoms with Crippen molar-refractivity contribution in [3.8, 4) is 0 Å². The number of nitrogens with zero attached hydrogens (tertiary/aromatic N) is 1. The molecule has 0 bridgehead atoms. The third kappa shape index (κ3) is 2.19. The van der Waals surface area contributed by atoms with Crippen molar-refractivity contribution in [2.75, 3.05) is 19.6 Å². The minimum absolute atomic E-state index is 0.164. The molecule has 0 aromatic carbocycles. The Bertz CT molecular complexity index is 203. The summed E-state index contributed by atoms with van der Waals surface area (Å²) in [6, 6.07) is 0.971. The molecule has 0 aromatic heterocycles. The Morgan fingerprint density at radius 1 is 1.54 bits per heavy atom. The van der Waals surface area contributed by atoms with Gasteiger partial charge in [0, 0.05) is 18.6 Å². The summed E-state index contributed by atoms with van der Waals surface area (Å²) in [5, 5.41) is 2.97. The minimum Gasteiger partial charge on any atom is -0.351 e.